The van der Waals surface area contributed by atoms with Crippen LogP contribution in [0, 0.1) is 0 Å². The van der Waals surface area contributed by atoms with Gasteiger partial charge in [0.15, 0.2) is 0 Å². The molecule has 1 aliphatic carbocycles. The van der Waals surface area contributed by atoms with Crippen LogP contribution < -0.4 is 4.90 Å². The number of furan rings is 1. The van der Waals surface area contributed by atoms with Crippen molar-refractivity contribution in [2.45, 2.75) is 45.4 Å². The second-order valence-corrected chi connectivity index (χ2v) is 15.0. The van der Waals surface area contributed by atoms with E-state index in [0.29, 0.717) is 0 Å². The lowest BCUT2D eigenvalue weighted by Crippen LogP contribution is -2.16. The fraction of sp³-hybridized carbons (Fsp3) is 0.149. The maximum Gasteiger partial charge on any atom is 0.143 e. The van der Waals surface area contributed by atoms with Crippen LogP contribution in [0.1, 0.15) is 51.3 Å². The summed E-state index contributed by atoms with van der Waals surface area (Å²) in [4.78, 5) is 2.49. The van der Waals surface area contributed by atoms with Crippen molar-refractivity contribution < 1.29 is 4.42 Å². The van der Waals surface area contributed by atoms with E-state index >= 15 is 0 Å². The Morgan fingerprint density at radius 2 is 1.20 bits per heavy atom. The van der Waals surface area contributed by atoms with E-state index < -0.39 is 0 Å². The van der Waals surface area contributed by atoms with E-state index in [-0.39, 0.29) is 10.8 Å². The summed E-state index contributed by atoms with van der Waals surface area (Å²) in [5, 5.41) is 4.61. The van der Waals surface area contributed by atoms with Gasteiger partial charge in [0, 0.05) is 38.2 Å². The van der Waals surface area contributed by atoms with Gasteiger partial charge in [-0.2, -0.15) is 0 Å². The number of hydrogen-bond acceptors (Lipinski definition) is 2. The minimum Gasteiger partial charge on any atom is -0.455 e. The van der Waals surface area contributed by atoms with Crippen molar-refractivity contribution in [1.29, 1.82) is 0 Å². The first-order valence-electron chi connectivity index (χ1n) is 17.3. The van der Waals surface area contributed by atoms with E-state index in [1.165, 1.54) is 50.0 Å². The lowest BCUT2D eigenvalue weighted by Gasteiger charge is -2.30. The summed E-state index contributed by atoms with van der Waals surface area (Å²) in [6, 6.07) is 53.1. The Labute approximate surface area is 288 Å². The zero-order valence-electron chi connectivity index (χ0n) is 28.7. The topological polar surface area (TPSA) is 16.4 Å². The number of benzene rings is 7. The maximum atomic E-state index is 6.74. The van der Waals surface area contributed by atoms with Crippen LogP contribution in [-0.4, -0.2) is 0 Å². The van der Waals surface area contributed by atoms with Crippen molar-refractivity contribution >= 4 is 49.8 Å². The molecule has 0 unspecified atom stereocenters. The molecule has 238 valence electrons. The zero-order chi connectivity index (χ0) is 33.5. The molecule has 0 spiro atoms. The fourth-order valence-electron chi connectivity index (χ4n) is 8.20. The van der Waals surface area contributed by atoms with Crippen LogP contribution in [0.15, 0.2) is 150 Å². The average molecular weight is 634 g/mol. The molecule has 2 nitrogen and oxygen atoms in total. The zero-order valence-corrected chi connectivity index (χ0v) is 28.7. The smallest absolute Gasteiger partial charge is 0.143 e. The van der Waals surface area contributed by atoms with E-state index in [2.05, 4.69) is 185 Å². The van der Waals surface area contributed by atoms with Crippen LogP contribution in [0.3, 0.4) is 0 Å². The molecule has 1 aromatic heterocycles. The quantitative estimate of drug-likeness (QED) is 0.192. The van der Waals surface area contributed by atoms with Gasteiger partial charge in [0.25, 0.3) is 0 Å². The lowest BCUT2D eigenvalue weighted by molar-refractivity contribution is 0.594. The highest BCUT2D eigenvalue weighted by Crippen LogP contribution is 2.55. The molecule has 9 rings (SSSR count). The molecule has 0 radical (unpaired) electrons. The molecule has 0 amide bonds. The summed E-state index contributed by atoms with van der Waals surface area (Å²) >= 11 is 0. The first-order valence-corrected chi connectivity index (χ1v) is 17.3. The van der Waals surface area contributed by atoms with Crippen molar-refractivity contribution in [3.8, 4) is 22.3 Å². The molecule has 0 fully saturated rings. The molecule has 0 aliphatic heterocycles. The molecular formula is C47H39NO. The minimum absolute atomic E-state index is 0.0510. The van der Waals surface area contributed by atoms with Crippen molar-refractivity contribution in [1.82, 2.24) is 0 Å². The van der Waals surface area contributed by atoms with E-state index in [4.69, 9.17) is 4.42 Å². The highest BCUT2D eigenvalue weighted by atomic mass is 16.3. The van der Waals surface area contributed by atoms with Crippen molar-refractivity contribution in [2.24, 2.45) is 0 Å². The van der Waals surface area contributed by atoms with Gasteiger partial charge >= 0.3 is 0 Å². The Morgan fingerprint density at radius 1 is 0.551 bits per heavy atom. The molecule has 8 aromatic rings. The summed E-state index contributed by atoms with van der Waals surface area (Å²) in [5.41, 5.74) is 14.2. The SMILES string of the molecule is CC(C)(C)c1cccc2oc3c4ccccc4c(N(c4ccc(-c5ccccc5)cc4)c4cccc5c4-c4ccccc4C5(C)C)cc3c12. The van der Waals surface area contributed by atoms with Gasteiger partial charge in [-0.3, -0.25) is 0 Å². The van der Waals surface area contributed by atoms with Crippen molar-refractivity contribution in [2.75, 3.05) is 4.90 Å². The molecule has 0 saturated heterocycles. The van der Waals surface area contributed by atoms with Gasteiger partial charge in [-0.05, 0) is 69.1 Å². The third-order valence-electron chi connectivity index (χ3n) is 10.6. The van der Waals surface area contributed by atoms with Crippen molar-refractivity contribution in [3.63, 3.8) is 0 Å². The van der Waals surface area contributed by atoms with Gasteiger partial charge in [-0.1, -0.05) is 150 Å². The first-order chi connectivity index (χ1) is 23.7. The van der Waals surface area contributed by atoms with E-state index in [9.17, 15) is 0 Å². The number of rotatable bonds is 4. The van der Waals surface area contributed by atoms with Crippen molar-refractivity contribution in [3.05, 3.63) is 162 Å². The van der Waals surface area contributed by atoms with E-state index in [0.717, 1.165) is 38.7 Å². The normalized spacial score (nSPS) is 13.6. The molecule has 1 aliphatic rings. The Kier molecular flexibility index (Phi) is 6.45. The molecule has 0 N–H and O–H groups in total. The monoisotopic (exact) mass is 633 g/mol. The third-order valence-corrected chi connectivity index (χ3v) is 10.6. The second-order valence-electron chi connectivity index (χ2n) is 15.0. The van der Waals surface area contributed by atoms with Crippen LogP contribution in [-0.2, 0) is 10.8 Å². The molecule has 0 atom stereocenters. The Balaban J connectivity index is 1.39. The first kappa shape index (κ1) is 29.5. The summed E-state index contributed by atoms with van der Waals surface area (Å²) in [6.07, 6.45) is 0. The maximum absolute atomic E-state index is 6.74. The average Bonchev–Trinajstić information content (AvgIpc) is 3.61. The van der Waals surface area contributed by atoms with Gasteiger partial charge in [0.1, 0.15) is 11.2 Å². The molecule has 2 heteroatoms. The second kappa shape index (κ2) is 10.7. The Hall–Kier alpha value is -5.60. The summed E-state index contributed by atoms with van der Waals surface area (Å²) < 4.78 is 6.74. The molecule has 0 bridgehead atoms. The molecule has 7 aromatic carbocycles. The fourth-order valence-corrected chi connectivity index (χ4v) is 8.20. The van der Waals surface area contributed by atoms with Gasteiger partial charge in [0.05, 0.1) is 11.4 Å². The predicted octanol–water partition coefficient (Wildman–Crippen LogP) is 13.5. The highest BCUT2D eigenvalue weighted by Gasteiger charge is 2.38. The molecule has 0 saturated carbocycles. The predicted molar refractivity (Wildman–Crippen MR) is 208 cm³/mol. The minimum atomic E-state index is -0.112. The number of nitrogens with zero attached hydrogens (tertiary/aromatic N) is 1. The van der Waals surface area contributed by atoms with Crippen LogP contribution in [0.5, 0.6) is 0 Å². The van der Waals surface area contributed by atoms with Crippen LogP contribution in [0.4, 0.5) is 17.1 Å². The van der Waals surface area contributed by atoms with Gasteiger partial charge in [0.2, 0.25) is 0 Å². The third kappa shape index (κ3) is 4.47. The van der Waals surface area contributed by atoms with Gasteiger partial charge < -0.3 is 9.32 Å². The highest BCUT2D eigenvalue weighted by molar-refractivity contribution is 6.20. The summed E-state index contributed by atoms with van der Waals surface area (Å²) in [7, 11) is 0. The number of anilines is 3. The molecular weight excluding hydrogens is 595 g/mol. The summed E-state index contributed by atoms with van der Waals surface area (Å²) in [5.74, 6) is 0. The molecule has 1 heterocycles. The Morgan fingerprint density at radius 3 is 1.98 bits per heavy atom. The summed E-state index contributed by atoms with van der Waals surface area (Å²) in [6.45, 7) is 11.6. The largest absolute Gasteiger partial charge is 0.455 e. The molecule has 49 heavy (non-hydrogen) atoms. The van der Waals surface area contributed by atoms with Crippen LogP contribution >= 0.6 is 0 Å². The van der Waals surface area contributed by atoms with Crippen LogP contribution in [0.2, 0.25) is 0 Å². The van der Waals surface area contributed by atoms with E-state index in [1.54, 1.807) is 0 Å². The standard InChI is InChI=1S/C47H39NO/c1-46(2,3)38-21-14-24-42-44(38)36-29-41(33-17-9-10-18-34(33)45(36)49-42)48(32-27-25-31(26-28-32)30-15-7-6-8-16-30)40-23-13-22-39-43(40)35-19-11-12-20-37(35)47(39,4)5/h6-29H,1-5H3. The van der Waals surface area contributed by atoms with E-state index in [1.807, 2.05) is 0 Å². The lowest BCUT2D eigenvalue weighted by atomic mass is 9.82. The van der Waals surface area contributed by atoms with Gasteiger partial charge in [-0.25, -0.2) is 0 Å². The Bertz CT molecular complexity index is 2550. The van der Waals surface area contributed by atoms with Gasteiger partial charge in [-0.15, -0.1) is 0 Å². The number of hydrogen-bond donors (Lipinski definition) is 0. The van der Waals surface area contributed by atoms with Crippen LogP contribution in [0.25, 0.3) is 55.0 Å². The number of fused-ring (bicyclic) bond motifs is 8.